The van der Waals surface area contributed by atoms with Gasteiger partial charge >= 0.3 is 5.97 Å². The molecule has 0 saturated heterocycles. The van der Waals surface area contributed by atoms with Crippen LogP contribution >= 0.6 is 11.3 Å². The maximum absolute atomic E-state index is 13.1. The highest BCUT2D eigenvalue weighted by molar-refractivity contribution is 7.09. The predicted molar refractivity (Wildman–Crippen MR) is 136 cm³/mol. The molecule has 0 fully saturated rings. The van der Waals surface area contributed by atoms with Crippen molar-refractivity contribution < 1.29 is 24.5 Å². The van der Waals surface area contributed by atoms with Crippen LogP contribution in [0.25, 0.3) is 6.08 Å². The molecule has 2 rings (SSSR count). The van der Waals surface area contributed by atoms with Crippen molar-refractivity contribution in [1.82, 2.24) is 4.98 Å². The van der Waals surface area contributed by atoms with E-state index in [-0.39, 0.29) is 30.7 Å². The Labute approximate surface area is 207 Å². The normalized spacial score (nSPS) is 30.4. The van der Waals surface area contributed by atoms with Gasteiger partial charge < -0.3 is 14.9 Å². The van der Waals surface area contributed by atoms with E-state index in [9.17, 15) is 19.8 Å². The van der Waals surface area contributed by atoms with E-state index in [0.29, 0.717) is 24.3 Å². The number of aliphatic hydroxyl groups excluding tert-OH is 2. The summed E-state index contributed by atoms with van der Waals surface area (Å²) in [6, 6.07) is 0. The zero-order chi connectivity index (χ0) is 25.5. The van der Waals surface area contributed by atoms with Gasteiger partial charge in [0, 0.05) is 35.5 Å². The summed E-state index contributed by atoms with van der Waals surface area (Å²) in [6.07, 6.45) is 8.42. The molecule has 0 bridgehead atoms. The zero-order valence-corrected chi connectivity index (χ0v) is 22.0. The number of esters is 1. The van der Waals surface area contributed by atoms with Gasteiger partial charge in [0.15, 0.2) is 0 Å². The van der Waals surface area contributed by atoms with Gasteiger partial charge in [0.1, 0.15) is 16.9 Å². The van der Waals surface area contributed by atoms with Crippen molar-refractivity contribution in [3.63, 3.8) is 0 Å². The van der Waals surface area contributed by atoms with E-state index in [0.717, 1.165) is 16.8 Å². The number of ketones is 1. The Balaban J connectivity index is 2.31. The van der Waals surface area contributed by atoms with E-state index < -0.39 is 23.5 Å². The maximum atomic E-state index is 13.1. The van der Waals surface area contributed by atoms with E-state index in [1.54, 1.807) is 6.92 Å². The third-order valence-electron chi connectivity index (χ3n) is 6.51. The first-order valence-corrected chi connectivity index (χ1v) is 12.8. The van der Waals surface area contributed by atoms with E-state index in [1.807, 2.05) is 58.2 Å². The second-order valence-corrected chi connectivity index (χ2v) is 10.9. The Kier molecular flexibility index (Phi) is 10.4. The van der Waals surface area contributed by atoms with Crippen molar-refractivity contribution in [2.75, 3.05) is 0 Å². The number of nitrogens with zero attached hydrogens (tertiary/aromatic N) is 1. The number of thiazole rings is 1. The topological polar surface area (TPSA) is 96.7 Å². The molecule has 1 aromatic rings. The second kappa shape index (κ2) is 12.6. The molecular formula is C27H39NO5S. The van der Waals surface area contributed by atoms with Crippen molar-refractivity contribution in [3.8, 4) is 0 Å². The van der Waals surface area contributed by atoms with Crippen molar-refractivity contribution in [1.29, 1.82) is 0 Å². The summed E-state index contributed by atoms with van der Waals surface area (Å²) in [4.78, 5) is 30.2. The van der Waals surface area contributed by atoms with Crippen LogP contribution in [0.15, 0.2) is 34.8 Å². The van der Waals surface area contributed by atoms with Crippen LogP contribution in [-0.4, -0.2) is 39.2 Å². The standard InChI is InChI=1S/C27H39NO5S/c1-17-8-7-9-18(2)25(31)20(4)26(32)27(5,6)13-12-24(30)33-22(11-10-17)19(3)14-21-16-34-23(15-29)28-21/h7,9-10,14,16,18,20,22,25,29,31H,8,11-13,15H2,1-6H3/b9-7+,17-10-,19-14+/t18?,20-,22?,25?/m1/s1. The van der Waals surface area contributed by atoms with Crippen LogP contribution < -0.4 is 0 Å². The molecule has 2 heterocycles. The fourth-order valence-electron chi connectivity index (χ4n) is 4.07. The number of rotatable bonds is 3. The summed E-state index contributed by atoms with van der Waals surface area (Å²) < 4.78 is 5.86. The molecule has 0 aromatic carbocycles. The minimum Gasteiger partial charge on any atom is -0.457 e. The van der Waals surface area contributed by atoms with Crippen molar-refractivity contribution >= 4 is 29.2 Å². The Morgan fingerprint density at radius 2 is 2.03 bits per heavy atom. The number of aromatic nitrogens is 1. The van der Waals surface area contributed by atoms with Crippen LogP contribution in [0.4, 0.5) is 0 Å². The van der Waals surface area contributed by atoms with Gasteiger partial charge in [-0.2, -0.15) is 0 Å². The Hall–Kier alpha value is -2.09. The lowest BCUT2D eigenvalue weighted by molar-refractivity contribution is -0.148. The number of aliphatic hydroxyl groups is 2. The van der Waals surface area contributed by atoms with Crippen LogP contribution in [0.2, 0.25) is 0 Å². The molecule has 6 nitrogen and oxygen atoms in total. The number of ether oxygens (including phenoxy) is 1. The van der Waals surface area contributed by atoms with E-state index in [1.165, 1.54) is 11.3 Å². The van der Waals surface area contributed by atoms with Gasteiger partial charge in [0.05, 0.1) is 18.4 Å². The average molecular weight is 490 g/mol. The molecule has 7 heteroatoms. The van der Waals surface area contributed by atoms with E-state index in [4.69, 9.17) is 4.74 Å². The molecule has 0 spiro atoms. The van der Waals surface area contributed by atoms with Crippen LogP contribution in [-0.2, 0) is 20.9 Å². The highest BCUT2D eigenvalue weighted by Crippen LogP contribution is 2.31. The molecule has 2 N–H and O–H groups in total. The molecule has 4 atom stereocenters. The van der Waals surface area contributed by atoms with Crippen LogP contribution in [0.1, 0.15) is 77.9 Å². The number of hydrogen-bond donors (Lipinski definition) is 2. The SMILES string of the molecule is C/C1=C/CC(/C(C)=C/c2csc(CO)n2)OC(=O)CCC(C)(C)C(=O)[C@H](C)C(O)C(C)/C=C/C1. The minimum absolute atomic E-state index is 0.0490. The number of allylic oxidation sites excluding steroid dienone is 2. The lowest BCUT2D eigenvalue weighted by atomic mass is 9.75. The molecule has 0 saturated carbocycles. The van der Waals surface area contributed by atoms with Crippen LogP contribution in [0, 0.1) is 17.3 Å². The molecular weight excluding hydrogens is 450 g/mol. The summed E-state index contributed by atoms with van der Waals surface area (Å²) >= 11 is 1.38. The Bertz CT molecular complexity index is 943. The molecule has 1 aliphatic rings. The highest BCUT2D eigenvalue weighted by atomic mass is 32.1. The highest BCUT2D eigenvalue weighted by Gasteiger charge is 2.36. The summed E-state index contributed by atoms with van der Waals surface area (Å²) in [6.45, 7) is 11.2. The van der Waals surface area contributed by atoms with Gasteiger partial charge in [-0.25, -0.2) is 4.98 Å². The maximum Gasteiger partial charge on any atom is 0.306 e. The Morgan fingerprint density at radius 1 is 1.32 bits per heavy atom. The molecule has 1 aromatic heterocycles. The first kappa shape index (κ1) is 28.1. The molecule has 3 unspecified atom stereocenters. The number of Topliss-reactive ketones (excluding diaryl/α,β-unsaturated/α-hetero) is 1. The molecule has 0 aliphatic carbocycles. The van der Waals surface area contributed by atoms with Gasteiger partial charge in [-0.05, 0) is 38.3 Å². The molecule has 34 heavy (non-hydrogen) atoms. The van der Waals surface area contributed by atoms with Gasteiger partial charge in [-0.15, -0.1) is 11.3 Å². The van der Waals surface area contributed by atoms with Gasteiger partial charge in [0.2, 0.25) is 0 Å². The summed E-state index contributed by atoms with van der Waals surface area (Å²) in [5.41, 5.74) is 1.97. The number of hydrogen-bond acceptors (Lipinski definition) is 7. The lowest BCUT2D eigenvalue weighted by Gasteiger charge is -2.30. The third-order valence-corrected chi connectivity index (χ3v) is 7.36. The van der Waals surface area contributed by atoms with Gasteiger partial charge in [-0.3, -0.25) is 9.59 Å². The van der Waals surface area contributed by atoms with Crippen LogP contribution in [0.5, 0.6) is 0 Å². The van der Waals surface area contributed by atoms with Crippen molar-refractivity contribution in [2.45, 2.75) is 86.0 Å². The molecule has 188 valence electrons. The van der Waals surface area contributed by atoms with E-state index >= 15 is 0 Å². The quantitative estimate of drug-likeness (QED) is 0.444. The average Bonchev–Trinajstić information content (AvgIpc) is 3.25. The number of carbonyl (C=O) groups is 2. The van der Waals surface area contributed by atoms with Gasteiger partial charge in [0.25, 0.3) is 0 Å². The van der Waals surface area contributed by atoms with Crippen LogP contribution in [0.3, 0.4) is 0 Å². The van der Waals surface area contributed by atoms with Crippen molar-refractivity contribution in [2.24, 2.45) is 17.3 Å². The monoisotopic (exact) mass is 489 g/mol. The summed E-state index contributed by atoms with van der Waals surface area (Å²) in [7, 11) is 0. The fourth-order valence-corrected chi connectivity index (χ4v) is 4.68. The molecule has 0 amide bonds. The van der Waals surface area contributed by atoms with Gasteiger partial charge in [-0.1, -0.05) is 51.5 Å². The smallest absolute Gasteiger partial charge is 0.306 e. The first-order chi connectivity index (χ1) is 15.9. The minimum atomic E-state index is -0.776. The first-order valence-electron chi connectivity index (χ1n) is 11.9. The number of carbonyl (C=O) groups excluding carboxylic acids is 2. The largest absolute Gasteiger partial charge is 0.457 e. The summed E-state index contributed by atoms with van der Waals surface area (Å²) in [5.74, 6) is -1.09. The Morgan fingerprint density at radius 3 is 2.68 bits per heavy atom. The zero-order valence-electron chi connectivity index (χ0n) is 21.2. The third kappa shape index (κ3) is 8.00. The lowest BCUT2D eigenvalue weighted by Crippen LogP contribution is -2.38. The summed E-state index contributed by atoms with van der Waals surface area (Å²) in [5, 5.41) is 22.5. The van der Waals surface area contributed by atoms with E-state index in [2.05, 4.69) is 11.1 Å². The fraction of sp³-hybridized carbons (Fsp3) is 0.593. The second-order valence-electron chi connectivity index (χ2n) is 10.00. The number of cyclic esters (lactones) is 1. The predicted octanol–water partition coefficient (Wildman–Crippen LogP) is 5.26. The molecule has 1 aliphatic heterocycles. The molecule has 0 radical (unpaired) electrons. The van der Waals surface area contributed by atoms with Crippen molar-refractivity contribution in [3.05, 3.63) is 45.5 Å².